The van der Waals surface area contributed by atoms with Gasteiger partial charge in [0.25, 0.3) is 11.8 Å². The van der Waals surface area contributed by atoms with Crippen LogP contribution in [-0.4, -0.2) is 85.3 Å². The first-order chi connectivity index (χ1) is 37.0. The molecule has 6 N–H and O–H groups in total. The molecular weight excluding hydrogens is 1120 g/mol. The number of aryl methyl sites for hydroxylation is 3. The molecule has 15 heteroatoms. The van der Waals surface area contributed by atoms with E-state index in [0.717, 1.165) is 59.3 Å². The van der Waals surface area contributed by atoms with E-state index in [1.165, 1.54) is 46.8 Å². The van der Waals surface area contributed by atoms with Gasteiger partial charge in [0.2, 0.25) is 0 Å². The van der Waals surface area contributed by atoms with E-state index < -0.39 is 0 Å². The minimum Gasteiger partial charge on any atom is -0.506 e. The lowest BCUT2D eigenvalue weighted by Gasteiger charge is -2.34. The zero-order chi connectivity index (χ0) is 59.5. The van der Waals surface area contributed by atoms with Gasteiger partial charge in [-0.3, -0.25) is 9.59 Å². The van der Waals surface area contributed by atoms with E-state index in [1.807, 2.05) is 102 Å². The zero-order valence-corrected chi connectivity index (χ0v) is 52.4. The number of halogens is 5. The average molecular weight is 1230 g/mol. The highest BCUT2D eigenvalue weighted by molar-refractivity contribution is 6.42. The Morgan fingerprint density at radius 3 is 1.37 bits per heavy atom. The molecule has 2 amide bonds. The summed E-state index contributed by atoms with van der Waals surface area (Å²) >= 11 is 23.3. The smallest absolute Gasteiger partial charge is 0.251 e. The number of amides is 2. The molecule has 0 aliphatic carbocycles. The predicted octanol–water partition coefficient (Wildman–Crippen LogP) is 19.7. The van der Waals surface area contributed by atoms with Crippen LogP contribution in [0.1, 0.15) is 162 Å². The van der Waals surface area contributed by atoms with Crippen LogP contribution in [0, 0.1) is 26.6 Å². The van der Waals surface area contributed by atoms with Crippen LogP contribution >= 0.6 is 46.4 Å². The molecule has 0 saturated carbocycles. The Morgan fingerprint density at radius 2 is 0.952 bits per heavy atom. The Bertz CT molecular complexity index is 2700. The third kappa shape index (κ3) is 34.0. The molecule has 0 aromatic heterocycles. The molecule has 1 aliphatic rings. The summed E-state index contributed by atoms with van der Waals surface area (Å²) in [4.78, 5) is 27.9. The summed E-state index contributed by atoms with van der Waals surface area (Å²) < 4.78 is 12.5. The molecule has 83 heavy (non-hydrogen) atoms. The van der Waals surface area contributed by atoms with Crippen molar-refractivity contribution in [1.29, 1.82) is 0 Å². The highest BCUT2D eigenvalue weighted by Gasteiger charge is 2.15. The highest BCUT2D eigenvalue weighted by Crippen LogP contribution is 2.31. The van der Waals surface area contributed by atoms with Crippen molar-refractivity contribution in [3.63, 3.8) is 0 Å². The lowest BCUT2D eigenvalue weighted by molar-refractivity contribution is 0.0934. The Balaban J connectivity index is -0.000000926. The summed E-state index contributed by atoms with van der Waals surface area (Å²) in [5, 5.41) is 27.3. The largest absolute Gasteiger partial charge is 0.506 e. The summed E-state index contributed by atoms with van der Waals surface area (Å²) in [6.07, 6.45) is 0. The number of carbonyl (C=O) groups excluding carboxylic acids is 2. The topological polar surface area (TPSA) is 121 Å². The quantitative estimate of drug-likeness (QED) is 0.0717. The molecule has 1 heterocycles. The first kappa shape index (κ1) is 81.5. The first-order valence-corrected chi connectivity index (χ1v) is 28.5. The zero-order valence-electron chi connectivity index (χ0n) is 49.4. The van der Waals surface area contributed by atoms with E-state index in [-0.39, 0.29) is 65.2 Å². The SMILES string of the molecule is C.C.C.C.CC(C)NC(=O)c1ccc(F)cc1.CC(C)NC(=O)c1ccc(N2CCN(C)CC2)cc1.CC(C)Nc1ccc(Cl)c(Cl)c1.Cc1cc(C(C)C)cc(Cl)c1O.Cc1cc(Cl)cc(NC(C)C)c1.Cc1cccc(NC(C)C)c1. The van der Waals surface area contributed by atoms with Crippen LogP contribution in [0.5, 0.6) is 5.75 Å². The van der Waals surface area contributed by atoms with Gasteiger partial charge in [-0.1, -0.05) is 108 Å². The van der Waals surface area contributed by atoms with Crippen molar-refractivity contribution < 1.29 is 19.1 Å². The van der Waals surface area contributed by atoms with Gasteiger partial charge in [0.1, 0.15) is 11.6 Å². The molecule has 7 rings (SSSR count). The minimum atomic E-state index is -0.332. The molecule has 1 saturated heterocycles. The fraction of sp³-hybridized carbons (Fsp3) is 0.441. The van der Waals surface area contributed by atoms with Crippen molar-refractivity contribution in [1.82, 2.24) is 15.5 Å². The second-order valence-electron chi connectivity index (χ2n) is 21.3. The van der Waals surface area contributed by atoms with Gasteiger partial charge in [-0.2, -0.15) is 0 Å². The number of nitrogens with one attached hydrogen (secondary N) is 5. The van der Waals surface area contributed by atoms with Gasteiger partial charge in [-0.15, -0.1) is 0 Å². The normalized spacial score (nSPS) is 11.3. The Labute approximate surface area is 522 Å². The Kier molecular flexibility index (Phi) is 41.4. The first-order valence-electron chi connectivity index (χ1n) is 27.0. The number of benzene rings is 6. The number of anilines is 4. The minimum absolute atomic E-state index is 0. The molecule has 1 fully saturated rings. The maximum absolute atomic E-state index is 12.5. The molecule has 10 nitrogen and oxygen atoms in total. The molecule has 1 aliphatic heterocycles. The number of piperazine rings is 1. The number of nitrogens with zero attached hydrogens (tertiary/aromatic N) is 2. The van der Waals surface area contributed by atoms with Crippen molar-refractivity contribution in [2.75, 3.05) is 54.1 Å². The fourth-order valence-electron chi connectivity index (χ4n) is 7.42. The third-order valence-electron chi connectivity index (χ3n) is 11.2. The number of aromatic hydroxyl groups is 1. The number of phenolic OH excluding ortho intramolecular Hbond substituents is 1. The van der Waals surface area contributed by atoms with Crippen LogP contribution in [0.2, 0.25) is 20.1 Å². The number of phenols is 1. The lowest BCUT2D eigenvalue weighted by atomic mass is 10.0. The molecule has 464 valence electrons. The second-order valence-corrected chi connectivity index (χ2v) is 23.0. The van der Waals surface area contributed by atoms with Gasteiger partial charge in [0.05, 0.1) is 15.1 Å². The van der Waals surface area contributed by atoms with Crippen LogP contribution in [0.25, 0.3) is 0 Å². The number of carbonyl (C=O) groups is 2. The molecule has 0 radical (unpaired) electrons. The third-order valence-corrected chi connectivity index (χ3v) is 12.5. The van der Waals surface area contributed by atoms with Gasteiger partial charge < -0.3 is 41.5 Å². The lowest BCUT2D eigenvalue weighted by Crippen LogP contribution is -2.44. The molecule has 6 aromatic carbocycles. The number of likely N-dealkylation sites (N-methyl/N-ethyl adjacent to an activating group) is 1. The molecule has 0 atom stereocenters. The van der Waals surface area contributed by atoms with Crippen LogP contribution in [-0.2, 0) is 0 Å². The van der Waals surface area contributed by atoms with Gasteiger partial charge in [-0.25, -0.2) is 4.39 Å². The molecule has 0 spiro atoms. The molecule has 0 unspecified atom stereocenters. The molecule has 0 bridgehead atoms. The summed E-state index contributed by atoms with van der Waals surface area (Å²) in [6, 6.07) is 38.7. The van der Waals surface area contributed by atoms with E-state index in [4.69, 9.17) is 46.4 Å². The Morgan fingerprint density at radius 1 is 0.494 bits per heavy atom. The summed E-state index contributed by atoms with van der Waals surface area (Å²) in [5.41, 5.74) is 10.2. The highest BCUT2D eigenvalue weighted by atomic mass is 35.5. The van der Waals surface area contributed by atoms with Gasteiger partial charge in [0, 0.05) is 95.3 Å². The predicted molar refractivity (Wildman–Crippen MR) is 367 cm³/mol. The fourth-order valence-corrected chi connectivity index (χ4v) is 8.28. The summed E-state index contributed by atoms with van der Waals surface area (Å²) in [5.74, 6) is 0.138. The molecule has 6 aromatic rings. The summed E-state index contributed by atoms with van der Waals surface area (Å²) in [7, 11) is 2.15. The van der Waals surface area contributed by atoms with E-state index in [1.54, 1.807) is 6.07 Å². The monoisotopic (exact) mass is 1230 g/mol. The van der Waals surface area contributed by atoms with Crippen molar-refractivity contribution in [2.24, 2.45) is 0 Å². The van der Waals surface area contributed by atoms with Crippen molar-refractivity contribution >= 4 is 81.0 Å². The standard InChI is InChI=1S/C15H23N3O.C10H14ClN.C10H13ClO.C10H12FNO.C10H15N.C9H11Cl2N.4CH4/c1-12(2)16-15(19)13-4-6-14(7-5-13)18-10-8-17(3)9-11-18;1-7(2)12-10-5-8(3)4-9(11)6-10;1-6(2)8-4-7(3)10(12)9(11)5-8;1-7(2)12-10(13)8-3-5-9(11)6-4-8;1-8(2)11-10-6-4-5-9(3)7-10;1-6(2)12-7-3-4-8(10)9(11)5-7;;;;/h4-7,12H,8-11H2,1-3H3,(H,16,19);4-7,12H,1-3H3;4-6,12H,1-3H3;3-7H,1-2H3,(H,12,13);4-8,11H,1-3H3;3-6,12H,1-2H3;4*1H4. The van der Waals surface area contributed by atoms with E-state index in [9.17, 15) is 19.1 Å². The van der Waals surface area contributed by atoms with Gasteiger partial charge in [0.15, 0.2) is 0 Å². The van der Waals surface area contributed by atoms with Crippen molar-refractivity contribution in [2.45, 2.75) is 170 Å². The number of hydrogen-bond acceptors (Lipinski definition) is 8. The summed E-state index contributed by atoms with van der Waals surface area (Å²) in [6.45, 7) is 34.8. The number of rotatable bonds is 12. The van der Waals surface area contributed by atoms with E-state index in [0.29, 0.717) is 44.7 Å². The van der Waals surface area contributed by atoms with Crippen LogP contribution in [0.15, 0.2) is 121 Å². The van der Waals surface area contributed by atoms with Crippen molar-refractivity contribution in [3.05, 3.63) is 181 Å². The van der Waals surface area contributed by atoms with Crippen LogP contribution < -0.4 is 31.5 Å². The van der Waals surface area contributed by atoms with Crippen molar-refractivity contribution in [3.8, 4) is 5.75 Å². The molecular formula is C68H104Cl4FN7O3. The van der Waals surface area contributed by atoms with E-state index >= 15 is 0 Å². The Hall–Kier alpha value is -5.69. The van der Waals surface area contributed by atoms with Gasteiger partial charge >= 0.3 is 0 Å². The van der Waals surface area contributed by atoms with Gasteiger partial charge in [-0.05, 0) is 228 Å². The van der Waals surface area contributed by atoms with Crippen LogP contribution in [0.4, 0.5) is 27.1 Å². The maximum atomic E-state index is 12.5. The van der Waals surface area contributed by atoms with Crippen LogP contribution in [0.3, 0.4) is 0 Å². The average Bonchev–Trinajstić information content (AvgIpc) is 3.35. The maximum Gasteiger partial charge on any atom is 0.251 e. The van der Waals surface area contributed by atoms with E-state index in [2.05, 4.69) is 136 Å². The second kappa shape index (κ2) is 42.2. The number of hydrogen-bond donors (Lipinski definition) is 6.